The van der Waals surface area contributed by atoms with Gasteiger partial charge in [-0.3, -0.25) is 9.78 Å². The zero-order chi connectivity index (χ0) is 23.9. The summed E-state index contributed by atoms with van der Waals surface area (Å²) in [5.41, 5.74) is 2.32. The zero-order valence-corrected chi connectivity index (χ0v) is 20.1. The van der Waals surface area contributed by atoms with Gasteiger partial charge >= 0.3 is 0 Å². The summed E-state index contributed by atoms with van der Waals surface area (Å²) in [4.78, 5) is 17.9. The number of hydrogen-bond acceptors (Lipinski definition) is 4. The number of ether oxygens (including phenoxy) is 1. The fourth-order valence-corrected chi connectivity index (χ4v) is 6.26. The highest BCUT2D eigenvalue weighted by molar-refractivity contribution is 6.30. The van der Waals surface area contributed by atoms with E-state index in [1.807, 2.05) is 30.3 Å². The lowest BCUT2D eigenvalue weighted by atomic mass is 9.71. The van der Waals surface area contributed by atoms with Crippen LogP contribution in [0.1, 0.15) is 34.9 Å². The van der Waals surface area contributed by atoms with Crippen LogP contribution in [0.4, 0.5) is 0 Å². The number of carbonyl (C=O) groups excluding carboxylic acids is 1. The maximum absolute atomic E-state index is 13.4. The fraction of sp³-hybridized carbons (Fsp3) is 0.357. The molecule has 176 valence electrons. The average molecular weight is 478 g/mol. The molecule has 6 rings (SSSR count). The molecule has 0 amide bonds. The van der Waals surface area contributed by atoms with Gasteiger partial charge in [-0.25, -0.2) is 0 Å². The van der Waals surface area contributed by atoms with Gasteiger partial charge in [-0.05, 0) is 60.0 Å². The number of benzene rings is 2. The van der Waals surface area contributed by atoms with Crippen molar-refractivity contribution in [2.75, 3.05) is 26.7 Å². The van der Waals surface area contributed by atoms with Crippen molar-refractivity contribution in [3.63, 3.8) is 0 Å². The maximum atomic E-state index is 13.4. The SMILES string of the molecule is C=C[C@H]1C[N@+]2(CC(=O)c3ccc(Cl)cc3)CC[C@H]1C[C@H]2[C@H](O)c1ccnc2ccc(OC)cc12. The lowest BCUT2D eigenvalue weighted by Crippen LogP contribution is -2.69. The van der Waals surface area contributed by atoms with Gasteiger partial charge in [0, 0.05) is 40.9 Å². The van der Waals surface area contributed by atoms with Crippen molar-refractivity contribution in [1.82, 2.24) is 4.98 Å². The molecular weight excluding hydrogens is 448 g/mol. The highest BCUT2D eigenvalue weighted by Crippen LogP contribution is 2.47. The summed E-state index contributed by atoms with van der Waals surface area (Å²) in [6, 6.07) is 14.6. The van der Waals surface area contributed by atoms with Crippen molar-refractivity contribution in [1.29, 1.82) is 0 Å². The van der Waals surface area contributed by atoms with E-state index in [2.05, 4.69) is 11.6 Å². The number of piperidine rings is 3. The van der Waals surface area contributed by atoms with Crippen LogP contribution in [0.3, 0.4) is 0 Å². The summed E-state index contributed by atoms with van der Waals surface area (Å²) in [5.74, 6) is 1.64. The quantitative estimate of drug-likeness (QED) is 0.288. The van der Waals surface area contributed by atoms with Crippen molar-refractivity contribution in [3.05, 3.63) is 83.5 Å². The number of carbonyl (C=O) groups is 1. The van der Waals surface area contributed by atoms with Crippen LogP contribution in [0.15, 0.2) is 67.4 Å². The number of hydrogen-bond donors (Lipinski definition) is 1. The molecule has 0 saturated carbocycles. The molecule has 5 nitrogen and oxygen atoms in total. The fourth-order valence-electron chi connectivity index (χ4n) is 6.13. The Bertz CT molecular complexity index is 1230. The number of aromatic nitrogens is 1. The van der Waals surface area contributed by atoms with E-state index < -0.39 is 6.10 Å². The summed E-state index contributed by atoms with van der Waals surface area (Å²) in [6.45, 7) is 6.13. The number of ketones is 1. The van der Waals surface area contributed by atoms with Crippen molar-refractivity contribution in [2.24, 2.45) is 11.8 Å². The molecule has 0 spiro atoms. The van der Waals surface area contributed by atoms with Crippen molar-refractivity contribution in [2.45, 2.75) is 25.0 Å². The normalized spacial score (nSPS) is 26.9. The molecule has 0 unspecified atom stereocenters. The molecule has 3 saturated heterocycles. The van der Waals surface area contributed by atoms with Gasteiger partial charge in [0.05, 0.1) is 25.7 Å². The number of aliphatic hydroxyl groups is 1. The number of Topliss-reactive ketones (excluding diaryl/α,β-unsaturated/α-hetero) is 1. The predicted octanol–water partition coefficient (Wildman–Crippen LogP) is 5.22. The van der Waals surface area contributed by atoms with Crippen LogP contribution in [0, 0.1) is 11.8 Å². The molecule has 0 radical (unpaired) electrons. The Morgan fingerprint density at radius 1 is 1.29 bits per heavy atom. The molecule has 3 aliphatic rings. The lowest BCUT2D eigenvalue weighted by Gasteiger charge is -2.57. The molecule has 3 aromatic rings. The Kier molecular flexibility index (Phi) is 6.19. The van der Waals surface area contributed by atoms with Crippen LogP contribution in [0.25, 0.3) is 10.9 Å². The molecule has 6 heteroatoms. The molecule has 3 fully saturated rings. The van der Waals surface area contributed by atoms with E-state index in [1.54, 1.807) is 37.6 Å². The van der Waals surface area contributed by atoms with Crippen molar-refractivity contribution < 1.29 is 19.1 Å². The van der Waals surface area contributed by atoms with E-state index in [9.17, 15) is 9.90 Å². The number of halogens is 1. The van der Waals surface area contributed by atoms with Crippen molar-refractivity contribution in [3.8, 4) is 5.75 Å². The van der Waals surface area contributed by atoms with E-state index in [-0.39, 0.29) is 11.8 Å². The first kappa shape index (κ1) is 23.0. The van der Waals surface area contributed by atoms with Gasteiger partial charge in [0.25, 0.3) is 0 Å². The van der Waals surface area contributed by atoms with E-state index in [0.717, 1.165) is 48.1 Å². The van der Waals surface area contributed by atoms with Gasteiger partial charge in [0.1, 0.15) is 24.4 Å². The Morgan fingerprint density at radius 3 is 2.82 bits per heavy atom. The second-order valence-corrected chi connectivity index (χ2v) is 10.1. The first-order valence-electron chi connectivity index (χ1n) is 11.8. The highest BCUT2D eigenvalue weighted by Gasteiger charge is 2.54. The minimum atomic E-state index is -0.718. The Hall–Kier alpha value is -2.73. The van der Waals surface area contributed by atoms with E-state index >= 15 is 0 Å². The summed E-state index contributed by atoms with van der Waals surface area (Å²) in [5, 5.41) is 13.3. The topological polar surface area (TPSA) is 59.4 Å². The Labute approximate surface area is 205 Å². The molecule has 5 atom stereocenters. The number of methoxy groups -OCH3 is 1. The lowest BCUT2D eigenvalue weighted by molar-refractivity contribution is -0.966. The first-order valence-corrected chi connectivity index (χ1v) is 12.2. The largest absolute Gasteiger partial charge is 0.497 e. The van der Waals surface area contributed by atoms with Gasteiger partial charge in [0.15, 0.2) is 0 Å². The minimum Gasteiger partial charge on any atom is -0.497 e. The third-order valence-electron chi connectivity index (χ3n) is 7.97. The van der Waals surface area contributed by atoms with Crippen LogP contribution >= 0.6 is 11.6 Å². The average Bonchev–Trinajstić information content (AvgIpc) is 2.87. The van der Waals surface area contributed by atoms with Crippen LogP contribution in [-0.4, -0.2) is 53.1 Å². The van der Waals surface area contributed by atoms with Gasteiger partial charge in [-0.1, -0.05) is 17.7 Å². The second-order valence-electron chi connectivity index (χ2n) is 9.69. The number of quaternary nitrogens is 1. The van der Waals surface area contributed by atoms with E-state index in [1.165, 1.54) is 0 Å². The summed E-state index contributed by atoms with van der Waals surface area (Å²) < 4.78 is 6.00. The molecule has 4 heterocycles. The molecular formula is C28H30ClN2O3+. The number of pyridine rings is 1. The monoisotopic (exact) mass is 477 g/mol. The van der Waals surface area contributed by atoms with Gasteiger partial charge in [-0.2, -0.15) is 0 Å². The third-order valence-corrected chi connectivity index (χ3v) is 8.22. The standard InChI is InChI=1S/C28H30ClN2O3/c1-3-18-16-31(17-27(32)19-4-6-21(29)7-5-19)13-11-20(18)14-26(31)28(33)23-10-12-30-25-9-8-22(34-2)15-24(23)25/h3-10,12,15,18,20,26,28,33H,1,11,13-14,16-17H2,2H3/q+1/t18-,20-,26-,28+,31-/m0/s1. The van der Waals surface area contributed by atoms with Gasteiger partial charge in [-0.15, -0.1) is 6.58 Å². The van der Waals surface area contributed by atoms with Crippen LogP contribution in [0.5, 0.6) is 5.75 Å². The molecule has 1 aromatic heterocycles. The first-order chi connectivity index (χ1) is 16.4. The maximum Gasteiger partial charge on any atom is 0.216 e. The van der Waals surface area contributed by atoms with Gasteiger partial charge < -0.3 is 14.3 Å². The number of aliphatic hydroxyl groups excluding tert-OH is 1. The summed E-state index contributed by atoms with van der Waals surface area (Å²) >= 11 is 6.04. The second kappa shape index (κ2) is 9.14. The molecule has 2 bridgehead atoms. The zero-order valence-electron chi connectivity index (χ0n) is 19.4. The third kappa shape index (κ3) is 4.02. The highest BCUT2D eigenvalue weighted by atomic mass is 35.5. The van der Waals surface area contributed by atoms with E-state index in [0.29, 0.717) is 33.4 Å². The van der Waals surface area contributed by atoms with E-state index in [4.69, 9.17) is 16.3 Å². The molecule has 0 aliphatic carbocycles. The minimum absolute atomic E-state index is 0.0806. The molecule has 1 N–H and O–H groups in total. The van der Waals surface area contributed by atoms with Crippen LogP contribution in [-0.2, 0) is 0 Å². The predicted molar refractivity (Wildman–Crippen MR) is 134 cm³/mol. The summed E-state index contributed by atoms with van der Waals surface area (Å²) in [6.07, 6.45) is 4.97. The van der Waals surface area contributed by atoms with Gasteiger partial charge in [0.2, 0.25) is 5.78 Å². The van der Waals surface area contributed by atoms with Crippen molar-refractivity contribution >= 4 is 28.3 Å². The summed E-state index contributed by atoms with van der Waals surface area (Å²) in [7, 11) is 1.64. The Morgan fingerprint density at radius 2 is 2.09 bits per heavy atom. The smallest absolute Gasteiger partial charge is 0.216 e. The Balaban J connectivity index is 1.53. The number of nitrogens with zero attached hydrogens (tertiary/aromatic N) is 2. The number of fused-ring (bicyclic) bond motifs is 4. The number of rotatable bonds is 7. The molecule has 2 aromatic carbocycles. The molecule has 34 heavy (non-hydrogen) atoms. The molecule has 3 aliphatic heterocycles. The van der Waals surface area contributed by atoms with Crippen LogP contribution < -0.4 is 4.74 Å². The van der Waals surface area contributed by atoms with Crippen LogP contribution in [0.2, 0.25) is 5.02 Å².